The van der Waals surface area contributed by atoms with Crippen LogP contribution in [0.25, 0.3) is 11.5 Å². The molecule has 340 valence electrons. The number of rotatable bonds is 12. The standard InChI is InChI=1S/C19H25N3O4.C18H27N3O4.C7H16O3/c1-13-5-6-15(11-16(13)17-21-20-12-24-17)25-14-7-9-22(10-8-14)18(23)26-19(2,3)4;1-12-5-6-14(11-15(12)16(22)20-19)24-13-7-9-21(10-8-13)17(23)25-18(2,3)4;1-4-8-7(9-5-2)10-6-3/h5-6,11-12,14H,7-10H2,1-4H3;5-6,11,13H,7-10,19H2,1-4H3,(H,20,22);7H,4-6H2,1-3H3. The van der Waals surface area contributed by atoms with Crippen LogP contribution >= 0.6 is 0 Å². The number of aromatic nitrogens is 2. The lowest BCUT2D eigenvalue weighted by molar-refractivity contribution is -0.282. The van der Waals surface area contributed by atoms with E-state index in [0.717, 1.165) is 35.3 Å². The molecule has 3 amide bonds. The zero-order valence-corrected chi connectivity index (χ0v) is 37.9. The Morgan fingerprint density at radius 3 is 1.57 bits per heavy atom. The van der Waals surface area contributed by atoms with E-state index < -0.39 is 17.7 Å². The van der Waals surface area contributed by atoms with E-state index in [1.165, 1.54) is 6.39 Å². The number of carbonyl (C=O) groups excluding carboxylic acids is 3. The number of piperidine rings is 2. The van der Waals surface area contributed by atoms with E-state index in [0.29, 0.717) is 76.0 Å². The molecule has 17 nitrogen and oxygen atoms in total. The third-order valence-corrected chi connectivity index (χ3v) is 9.09. The molecular weight excluding hydrogens is 789 g/mol. The minimum absolute atomic E-state index is 0.00446. The molecule has 3 heterocycles. The predicted octanol–water partition coefficient (Wildman–Crippen LogP) is 7.58. The smallest absolute Gasteiger partial charge is 0.410 e. The van der Waals surface area contributed by atoms with E-state index in [1.807, 2.05) is 106 Å². The van der Waals surface area contributed by atoms with Crippen LogP contribution in [-0.4, -0.2) is 114 Å². The third-order valence-electron chi connectivity index (χ3n) is 9.09. The SMILES string of the molecule is CCOC(OCC)OCC.Cc1ccc(OC2CCN(C(=O)OC(C)(C)C)CC2)cc1-c1nnco1.Cc1ccc(OC2CCN(C(=O)OC(C)(C)C)CC2)cc1C(=O)NN. The Hall–Kier alpha value is -4.97. The first-order valence-electron chi connectivity index (χ1n) is 21.0. The number of amides is 3. The van der Waals surface area contributed by atoms with Crippen LogP contribution in [0.1, 0.15) is 109 Å². The fourth-order valence-corrected chi connectivity index (χ4v) is 6.09. The Morgan fingerprint density at radius 2 is 1.18 bits per heavy atom. The van der Waals surface area contributed by atoms with Gasteiger partial charge in [0.05, 0.1) is 0 Å². The van der Waals surface area contributed by atoms with Crippen LogP contribution in [0.5, 0.6) is 11.5 Å². The fourth-order valence-electron chi connectivity index (χ4n) is 6.09. The van der Waals surface area contributed by atoms with Gasteiger partial charge < -0.3 is 47.4 Å². The maximum absolute atomic E-state index is 12.1. The van der Waals surface area contributed by atoms with Gasteiger partial charge in [-0.3, -0.25) is 10.2 Å². The highest BCUT2D eigenvalue weighted by Gasteiger charge is 2.29. The first-order chi connectivity index (χ1) is 28.9. The summed E-state index contributed by atoms with van der Waals surface area (Å²) in [7, 11) is 0. The lowest BCUT2D eigenvalue weighted by Gasteiger charge is -2.33. The maximum atomic E-state index is 12.1. The number of nitrogens with zero attached hydrogens (tertiary/aromatic N) is 4. The number of nitrogens with one attached hydrogen (secondary N) is 1. The van der Waals surface area contributed by atoms with E-state index in [2.05, 4.69) is 15.6 Å². The van der Waals surface area contributed by atoms with Gasteiger partial charge in [-0.15, -0.1) is 10.2 Å². The van der Waals surface area contributed by atoms with Crippen LogP contribution in [0.2, 0.25) is 0 Å². The molecule has 0 bridgehead atoms. The van der Waals surface area contributed by atoms with Crippen molar-refractivity contribution in [3.8, 4) is 23.0 Å². The Labute approximate surface area is 360 Å². The van der Waals surface area contributed by atoms with Crippen LogP contribution in [0.3, 0.4) is 0 Å². The number of hydrogen-bond acceptors (Lipinski definition) is 14. The van der Waals surface area contributed by atoms with E-state index in [1.54, 1.807) is 15.9 Å². The number of nitrogen functional groups attached to an aromatic ring is 1. The summed E-state index contributed by atoms with van der Waals surface area (Å²) in [6, 6.07) is 11.2. The summed E-state index contributed by atoms with van der Waals surface area (Å²) >= 11 is 0. The Bertz CT molecular complexity index is 1760. The summed E-state index contributed by atoms with van der Waals surface area (Å²) in [5, 5.41) is 7.69. The zero-order chi connectivity index (χ0) is 45.2. The van der Waals surface area contributed by atoms with Gasteiger partial charge in [-0.05, 0) is 112 Å². The second-order valence-electron chi connectivity index (χ2n) is 16.4. The summed E-state index contributed by atoms with van der Waals surface area (Å²) in [5.41, 5.74) is 4.40. The molecule has 61 heavy (non-hydrogen) atoms. The molecule has 2 aromatic carbocycles. The molecule has 17 heteroatoms. The summed E-state index contributed by atoms with van der Waals surface area (Å²) in [6.07, 6.45) is 3.79. The average Bonchev–Trinajstić information content (AvgIpc) is 3.74. The zero-order valence-electron chi connectivity index (χ0n) is 37.9. The molecule has 3 N–H and O–H groups in total. The highest BCUT2D eigenvalue weighted by molar-refractivity contribution is 5.95. The van der Waals surface area contributed by atoms with Crippen molar-refractivity contribution < 1.29 is 52.0 Å². The molecule has 0 radical (unpaired) electrons. The van der Waals surface area contributed by atoms with Gasteiger partial charge in [-0.25, -0.2) is 15.4 Å². The first-order valence-corrected chi connectivity index (χ1v) is 21.0. The van der Waals surface area contributed by atoms with Gasteiger partial charge in [0.15, 0.2) is 0 Å². The maximum Gasteiger partial charge on any atom is 0.410 e. The van der Waals surface area contributed by atoms with Crippen LogP contribution in [0.4, 0.5) is 9.59 Å². The van der Waals surface area contributed by atoms with E-state index >= 15 is 0 Å². The number of likely N-dealkylation sites (tertiary alicyclic amines) is 2. The van der Waals surface area contributed by atoms with Crippen LogP contribution in [-0.2, 0) is 23.7 Å². The van der Waals surface area contributed by atoms with Gasteiger partial charge in [0, 0.05) is 82.8 Å². The van der Waals surface area contributed by atoms with E-state index in [-0.39, 0.29) is 30.3 Å². The lowest BCUT2D eigenvalue weighted by Crippen LogP contribution is -2.44. The minimum Gasteiger partial charge on any atom is -0.490 e. The molecule has 0 saturated carbocycles. The molecule has 2 aliphatic heterocycles. The van der Waals surface area contributed by atoms with E-state index in [4.69, 9.17) is 43.4 Å². The molecular formula is C44H68N6O11. The number of nitrogens with two attached hydrogens (primary N) is 1. The quantitative estimate of drug-likeness (QED) is 0.0782. The van der Waals surface area contributed by atoms with Crippen molar-refractivity contribution in [1.29, 1.82) is 0 Å². The second-order valence-corrected chi connectivity index (χ2v) is 16.4. The number of aryl methyl sites for hydroxylation is 2. The topological polar surface area (TPSA) is 199 Å². The Balaban J connectivity index is 0.000000268. The largest absolute Gasteiger partial charge is 0.490 e. The predicted molar refractivity (Wildman–Crippen MR) is 229 cm³/mol. The van der Waals surface area contributed by atoms with Crippen molar-refractivity contribution in [1.82, 2.24) is 25.4 Å². The molecule has 2 fully saturated rings. The van der Waals surface area contributed by atoms with Crippen molar-refractivity contribution in [3.63, 3.8) is 0 Å². The summed E-state index contributed by atoms with van der Waals surface area (Å²) in [6.45, 7) is 24.5. The normalized spacial score (nSPS) is 14.9. The molecule has 2 aliphatic rings. The number of hydrogen-bond donors (Lipinski definition) is 2. The summed E-state index contributed by atoms with van der Waals surface area (Å²) < 4.78 is 43.4. The average molecular weight is 857 g/mol. The van der Waals surface area contributed by atoms with Crippen molar-refractivity contribution in [2.24, 2.45) is 5.84 Å². The molecule has 1 aromatic heterocycles. The van der Waals surface area contributed by atoms with Crippen molar-refractivity contribution >= 4 is 18.1 Å². The first kappa shape index (κ1) is 50.4. The molecule has 5 rings (SSSR count). The Kier molecular flexibility index (Phi) is 20.2. The van der Waals surface area contributed by atoms with Crippen molar-refractivity contribution in [2.45, 2.75) is 132 Å². The second kappa shape index (κ2) is 24.5. The number of ether oxygens (including phenoxy) is 7. The minimum atomic E-state index is -0.494. The van der Waals surface area contributed by atoms with Gasteiger partial charge in [-0.2, -0.15) is 0 Å². The van der Waals surface area contributed by atoms with Crippen molar-refractivity contribution in [2.75, 3.05) is 46.0 Å². The van der Waals surface area contributed by atoms with Gasteiger partial charge >= 0.3 is 12.2 Å². The number of carbonyl (C=O) groups is 3. The molecule has 0 atom stereocenters. The monoisotopic (exact) mass is 856 g/mol. The Morgan fingerprint density at radius 1 is 0.738 bits per heavy atom. The van der Waals surface area contributed by atoms with Crippen LogP contribution in [0, 0.1) is 13.8 Å². The van der Waals surface area contributed by atoms with Gasteiger partial charge in [0.1, 0.15) is 34.9 Å². The molecule has 0 spiro atoms. The summed E-state index contributed by atoms with van der Waals surface area (Å²) in [5.74, 6) is 6.73. The molecule has 0 unspecified atom stereocenters. The van der Waals surface area contributed by atoms with Gasteiger partial charge in [-0.1, -0.05) is 12.1 Å². The highest BCUT2D eigenvalue weighted by Crippen LogP contribution is 2.28. The van der Waals surface area contributed by atoms with Gasteiger partial charge in [0.2, 0.25) is 12.3 Å². The van der Waals surface area contributed by atoms with Crippen molar-refractivity contribution in [3.05, 3.63) is 59.5 Å². The van der Waals surface area contributed by atoms with Gasteiger partial charge in [0.25, 0.3) is 12.4 Å². The lowest BCUT2D eigenvalue weighted by atomic mass is 10.1. The number of benzene rings is 2. The molecule has 2 saturated heterocycles. The fraction of sp³-hybridized carbons (Fsp3) is 0.614. The highest BCUT2D eigenvalue weighted by atomic mass is 16.8. The molecule has 3 aromatic rings. The third kappa shape index (κ3) is 17.9. The van der Waals surface area contributed by atoms with Crippen LogP contribution in [0.15, 0.2) is 47.2 Å². The van der Waals surface area contributed by atoms with E-state index in [9.17, 15) is 14.4 Å². The number of hydrazine groups is 1. The summed E-state index contributed by atoms with van der Waals surface area (Å²) in [4.78, 5) is 39.4. The molecule has 0 aliphatic carbocycles. The van der Waals surface area contributed by atoms with Crippen LogP contribution < -0.4 is 20.7 Å².